The van der Waals surface area contributed by atoms with Crippen LogP contribution in [0.4, 0.5) is 0 Å². The van der Waals surface area contributed by atoms with E-state index in [1.165, 1.54) is 0 Å². The molecule has 3 rings (SSSR count). The number of rotatable bonds is 3. The lowest BCUT2D eigenvalue weighted by Crippen LogP contribution is -2.38. The maximum Gasteiger partial charge on any atom is 0.306 e. The molecule has 106 valence electrons. The Morgan fingerprint density at radius 2 is 2.20 bits per heavy atom. The van der Waals surface area contributed by atoms with Gasteiger partial charge in [0.25, 0.3) is 5.91 Å². The molecule has 4 nitrogen and oxygen atoms in total. The second-order valence-electron chi connectivity index (χ2n) is 5.44. The minimum Gasteiger partial charge on any atom is -0.466 e. The van der Waals surface area contributed by atoms with E-state index in [0.29, 0.717) is 13.0 Å². The van der Waals surface area contributed by atoms with Crippen molar-refractivity contribution in [2.24, 2.45) is 5.92 Å². The minimum absolute atomic E-state index is 0.0526. The van der Waals surface area contributed by atoms with E-state index in [9.17, 15) is 9.59 Å². The van der Waals surface area contributed by atoms with Crippen molar-refractivity contribution in [1.82, 2.24) is 4.90 Å². The summed E-state index contributed by atoms with van der Waals surface area (Å²) in [5, 5.41) is 0. The van der Waals surface area contributed by atoms with Gasteiger partial charge in [-0.05, 0) is 37.3 Å². The van der Waals surface area contributed by atoms with Crippen LogP contribution in [0.5, 0.6) is 0 Å². The van der Waals surface area contributed by atoms with Crippen LogP contribution < -0.4 is 0 Å². The molecule has 0 spiro atoms. The van der Waals surface area contributed by atoms with Crippen molar-refractivity contribution < 1.29 is 14.3 Å². The Kier molecular flexibility index (Phi) is 3.47. The van der Waals surface area contributed by atoms with Crippen LogP contribution in [0.25, 0.3) is 0 Å². The molecule has 1 aromatic carbocycles. The van der Waals surface area contributed by atoms with Gasteiger partial charge in [-0.3, -0.25) is 9.59 Å². The van der Waals surface area contributed by atoms with Gasteiger partial charge in [-0.25, -0.2) is 0 Å². The molecule has 1 aromatic rings. The summed E-state index contributed by atoms with van der Waals surface area (Å²) in [4.78, 5) is 26.1. The fourth-order valence-electron chi connectivity index (χ4n) is 3.48. The summed E-state index contributed by atoms with van der Waals surface area (Å²) in [7, 11) is 0. The van der Waals surface area contributed by atoms with Crippen molar-refractivity contribution in [2.45, 2.75) is 32.2 Å². The highest BCUT2D eigenvalue weighted by Gasteiger charge is 2.43. The van der Waals surface area contributed by atoms with Crippen molar-refractivity contribution in [3.63, 3.8) is 0 Å². The fraction of sp³-hybridized carbons (Fsp3) is 0.500. The monoisotopic (exact) mass is 273 g/mol. The van der Waals surface area contributed by atoms with Crippen LogP contribution >= 0.6 is 0 Å². The molecule has 0 N–H and O–H groups in total. The number of hydrogen-bond acceptors (Lipinski definition) is 3. The number of fused-ring (bicyclic) bond motifs is 3. The molecule has 0 aliphatic carbocycles. The van der Waals surface area contributed by atoms with Crippen LogP contribution in [0.15, 0.2) is 24.3 Å². The largest absolute Gasteiger partial charge is 0.466 e. The maximum atomic E-state index is 12.4. The molecular formula is C16H19NO3. The third kappa shape index (κ3) is 2.09. The van der Waals surface area contributed by atoms with E-state index in [-0.39, 0.29) is 23.8 Å². The molecule has 0 saturated carbocycles. The summed E-state index contributed by atoms with van der Waals surface area (Å²) in [6, 6.07) is 7.82. The van der Waals surface area contributed by atoms with Crippen molar-refractivity contribution in [3.05, 3.63) is 35.4 Å². The molecule has 2 aliphatic rings. The minimum atomic E-state index is -0.156. The number of benzene rings is 1. The van der Waals surface area contributed by atoms with Gasteiger partial charge in [0.2, 0.25) is 0 Å². The van der Waals surface area contributed by atoms with Crippen LogP contribution in [-0.4, -0.2) is 29.9 Å². The molecule has 1 fully saturated rings. The van der Waals surface area contributed by atoms with E-state index >= 15 is 0 Å². The summed E-state index contributed by atoms with van der Waals surface area (Å²) < 4.78 is 5.07. The first kappa shape index (κ1) is 13.2. The lowest BCUT2D eigenvalue weighted by Gasteiger charge is -2.36. The van der Waals surface area contributed by atoms with E-state index in [1.807, 2.05) is 36.1 Å². The number of carbonyl (C=O) groups excluding carboxylic acids is 2. The summed E-state index contributed by atoms with van der Waals surface area (Å²) in [5.41, 5.74) is 1.87. The zero-order chi connectivity index (χ0) is 14.1. The maximum absolute atomic E-state index is 12.4. The normalized spacial score (nSPS) is 24.2. The molecule has 1 unspecified atom stereocenters. The quantitative estimate of drug-likeness (QED) is 0.795. The number of nitrogens with zero attached hydrogens (tertiary/aromatic N) is 1. The van der Waals surface area contributed by atoms with Crippen molar-refractivity contribution in [3.8, 4) is 0 Å². The Balaban J connectivity index is 1.87. The third-order valence-electron chi connectivity index (χ3n) is 4.26. The summed E-state index contributed by atoms with van der Waals surface area (Å²) in [5.74, 6) is 0.130. The first-order valence-electron chi connectivity index (χ1n) is 7.28. The molecular weight excluding hydrogens is 254 g/mol. The van der Waals surface area contributed by atoms with Gasteiger partial charge < -0.3 is 9.64 Å². The fourth-order valence-corrected chi connectivity index (χ4v) is 3.48. The van der Waals surface area contributed by atoms with Crippen LogP contribution in [0.1, 0.15) is 48.1 Å². The van der Waals surface area contributed by atoms with Gasteiger partial charge in [-0.2, -0.15) is 0 Å². The zero-order valence-electron chi connectivity index (χ0n) is 11.7. The highest BCUT2D eigenvalue weighted by Crippen LogP contribution is 2.44. The summed E-state index contributed by atoms with van der Waals surface area (Å²) in [6.45, 7) is 3.02. The number of esters is 1. The molecule has 2 heterocycles. The smallest absolute Gasteiger partial charge is 0.306 e. The van der Waals surface area contributed by atoms with Gasteiger partial charge in [0, 0.05) is 12.1 Å². The van der Waals surface area contributed by atoms with Gasteiger partial charge in [-0.15, -0.1) is 0 Å². The average molecular weight is 273 g/mol. The third-order valence-corrected chi connectivity index (χ3v) is 4.26. The van der Waals surface area contributed by atoms with E-state index in [1.54, 1.807) is 0 Å². The van der Waals surface area contributed by atoms with Crippen molar-refractivity contribution >= 4 is 11.9 Å². The number of piperidine rings is 1. The van der Waals surface area contributed by atoms with E-state index < -0.39 is 0 Å². The van der Waals surface area contributed by atoms with Crippen LogP contribution in [-0.2, 0) is 9.53 Å². The molecule has 0 bridgehead atoms. The Morgan fingerprint density at radius 1 is 1.40 bits per heavy atom. The summed E-state index contributed by atoms with van der Waals surface area (Å²) >= 11 is 0. The molecule has 2 atom stereocenters. The van der Waals surface area contributed by atoms with Crippen LogP contribution in [0.2, 0.25) is 0 Å². The Morgan fingerprint density at radius 3 is 3.00 bits per heavy atom. The topological polar surface area (TPSA) is 46.6 Å². The van der Waals surface area contributed by atoms with Crippen LogP contribution in [0.3, 0.4) is 0 Å². The standard InChI is InChI=1S/C16H19NO3/c1-2-20-14(18)10-11-6-5-9-17-15(11)12-7-3-4-8-13(12)16(17)19/h3-4,7-8,11,15H,2,5-6,9-10H2,1H3/t11?,15-/m0/s1. The van der Waals surface area contributed by atoms with Gasteiger partial charge in [0.15, 0.2) is 0 Å². The number of carbonyl (C=O) groups is 2. The number of hydrogen-bond donors (Lipinski definition) is 0. The predicted octanol–water partition coefficient (Wildman–Crippen LogP) is 2.55. The molecule has 1 amide bonds. The second kappa shape index (κ2) is 5.27. The first-order chi connectivity index (χ1) is 9.72. The van der Waals surface area contributed by atoms with Gasteiger partial charge >= 0.3 is 5.97 Å². The molecule has 4 heteroatoms. The lowest BCUT2D eigenvalue weighted by atomic mass is 9.84. The highest BCUT2D eigenvalue weighted by molar-refractivity contribution is 5.99. The average Bonchev–Trinajstić information content (AvgIpc) is 2.74. The van der Waals surface area contributed by atoms with Gasteiger partial charge in [0.05, 0.1) is 19.1 Å². The van der Waals surface area contributed by atoms with Crippen molar-refractivity contribution in [1.29, 1.82) is 0 Å². The first-order valence-corrected chi connectivity index (χ1v) is 7.28. The number of ether oxygens (including phenoxy) is 1. The molecule has 0 radical (unpaired) electrons. The Hall–Kier alpha value is -1.84. The molecule has 1 saturated heterocycles. The van der Waals surface area contributed by atoms with Crippen LogP contribution in [0, 0.1) is 5.92 Å². The van der Waals surface area contributed by atoms with Crippen molar-refractivity contribution in [2.75, 3.05) is 13.2 Å². The Bertz CT molecular complexity index is 540. The second-order valence-corrected chi connectivity index (χ2v) is 5.44. The SMILES string of the molecule is CCOC(=O)CC1CCCN2C(=O)c3ccccc3[C@H]12. The Labute approximate surface area is 118 Å². The van der Waals surface area contributed by atoms with E-state index in [2.05, 4.69) is 0 Å². The number of amides is 1. The lowest BCUT2D eigenvalue weighted by molar-refractivity contribution is -0.145. The predicted molar refractivity (Wildman–Crippen MR) is 74.2 cm³/mol. The highest BCUT2D eigenvalue weighted by atomic mass is 16.5. The van der Waals surface area contributed by atoms with E-state index in [0.717, 1.165) is 30.5 Å². The van der Waals surface area contributed by atoms with Gasteiger partial charge in [0.1, 0.15) is 0 Å². The van der Waals surface area contributed by atoms with E-state index in [4.69, 9.17) is 4.74 Å². The van der Waals surface area contributed by atoms with Gasteiger partial charge in [-0.1, -0.05) is 18.2 Å². The molecule has 2 aliphatic heterocycles. The zero-order valence-corrected chi connectivity index (χ0v) is 11.7. The summed E-state index contributed by atoms with van der Waals surface area (Å²) in [6.07, 6.45) is 2.33. The molecule has 20 heavy (non-hydrogen) atoms. The molecule has 0 aromatic heterocycles.